The SMILES string of the molecule is CC(C)CCN1CC2(CCCN(c3nc4ccccc4o3)C2)CCC1=O. The van der Waals surface area contributed by atoms with E-state index in [0.29, 0.717) is 18.2 Å². The standard InChI is InChI=1S/C21H29N3O2/c1-16(2)9-13-23-14-21(11-8-19(23)25)10-5-12-24(15-21)20-22-17-6-3-4-7-18(17)26-20/h3-4,6-7,16H,5,8-15H2,1-2H3. The number of benzene rings is 1. The lowest BCUT2D eigenvalue weighted by molar-refractivity contribution is -0.138. The zero-order chi connectivity index (χ0) is 18.1. The molecule has 1 unspecified atom stereocenters. The van der Waals surface area contributed by atoms with Crippen LogP contribution >= 0.6 is 0 Å². The lowest BCUT2D eigenvalue weighted by atomic mass is 9.73. The Morgan fingerprint density at radius 2 is 2.08 bits per heavy atom. The molecule has 1 atom stereocenters. The smallest absolute Gasteiger partial charge is 0.298 e. The van der Waals surface area contributed by atoms with Gasteiger partial charge in [0, 0.05) is 38.0 Å². The first kappa shape index (κ1) is 17.4. The summed E-state index contributed by atoms with van der Waals surface area (Å²) in [5.74, 6) is 0.957. The monoisotopic (exact) mass is 355 g/mol. The number of nitrogens with zero attached hydrogens (tertiary/aromatic N) is 3. The summed E-state index contributed by atoms with van der Waals surface area (Å²) >= 11 is 0. The summed E-state index contributed by atoms with van der Waals surface area (Å²) in [5, 5.41) is 0. The molecule has 0 aliphatic carbocycles. The van der Waals surface area contributed by atoms with E-state index < -0.39 is 0 Å². The van der Waals surface area contributed by atoms with E-state index in [0.717, 1.165) is 62.6 Å². The molecule has 5 heteroatoms. The van der Waals surface area contributed by atoms with Crippen molar-refractivity contribution in [2.75, 3.05) is 31.1 Å². The number of piperidine rings is 2. The quantitative estimate of drug-likeness (QED) is 0.829. The Labute approximate surface area is 155 Å². The van der Waals surface area contributed by atoms with Crippen LogP contribution in [0.15, 0.2) is 28.7 Å². The number of fused-ring (bicyclic) bond motifs is 1. The van der Waals surface area contributed by atoms with Gasteiger partial charge in [0.1, 0.15) is 5.52 Å². The molecule has 3 heterocycles. The third-order valence-electron chi connectivity index (χ3n) is 5.94. The molecule has 0 radical (unpaired) electrons. The lowest BCUT2D eigenvalue weighted by Crippen LogP contribution is -2.54. The first-order chi connectivity index (χ1) is 12.5. The molecule has 1 aromatic heterocycles. The van der Waals surface area contributed by atoms with Gasteiger partial charge in [-0.25, -0.2) is 0 Å². The number of carbonyl (C=O) groups excluding carboxylic acids is 1. The molecule has 1 amide bonds. The van der Waals surface area contributed by atoms with Gasteiger partial charge in [0.15, 0.2) is 5.58 Å². The highest BCUT2D eigenvalue weighted by molar-refractivity contribution is 5.77. The average molecular weight is 355 g/mol. The van der Waals surface area contributed by atoms with Crippen molar-refractivity contribution in [3.8, 4) is 0 Å². The van der Waals surface area contributed by atoms with Gasteiger partial charge in [0.2, 0.25) is 5.91 Å². The van der Waals surface area contributed by atoms with Crippen LogP contribution < -0.4 is 4.90 Å². The fourth-order valence-corrected chi connectivity index (χ4v) is 4.42. The number of likely N-dealkylation sites (tertiary alicyclic amines) is 1. The first-order valence-corrected chi connectivity index (χ1v) is 9.93. The summed E-state index contributed by atoms with van der Waals surface area (Å²) in [4.78, 5) is 21.5. The average Bonchev–Trinajstić information content (AvgIpc) is 3.07. The zero-order valence-electron chi connectivity index (χ0n) is 15.9. The van der Waals surface area contributed by atoms with Crippen LogP contribution in [-0.4, -0.2) is 42.0 Å². The number of anilines is 1. The Morgan fingerprint density at radius 1 is 1.23 bits per heavy atom. The van der Waals surface area contributed by atoms with Gasteiger partial charge in [-0.15, -0.1) is 0 Å². The summed E-state index contributed by atoms with van der Waals surface area (Å²) in [6.07, 6.45) is 5.07. The number of carbonyl (C=O) groups is 1. The minimum absolute atomic E-state index is 0.184. The van der Waals surface area contributed by atoms with Crippen molar-refractivity contribution in [3.05, 3.63) is 24.3 Å². The normalized spacial score (nSPS) is 24.2. The molecule has 2 aliphatic heterocycles. The highest BCUT2D eigenvalue weighted by Crippen LogP contribution is 2.40. The van der Waals surface area contributed by atoms with Crippen molar-refractivity contribution in [1.29, 1.82) is 0 Å². The summed E-state index contributed by atoms with van der Waals surface area (Å²) in [6.45, 7) is 8.13. The molecule has 2 fully saturated rings. The third kappa shape index (κ3) is 3.44. The van der Waals surface area contributed by atoms with Crippen LogP contribution in [-0.2, 0) is 4.79 Å². The fourth-order valence-electron chi connectivity index (χ4n) is 4.42. The van der Waals surface area contributed by atoms with Gasteiger partial charge in [-0.2, -0.15) is 4.98 Å². The molecule has 0 bridgehead atoms. The van der Waals surface area contributed by atoms with Crippen LogP contribution in [0.1, 0.15) is 46.0 Å². The van der Waals surface area contributed by atoms with E-state index in [9.17, 15) is 4.79 Å². The zero-order valence-corrected chi connectivity index (χ0v) is 15.9. The van der Waals surface area contributed by atoms with E-state index in [4.69, 9.17) is 4.42 Å². The maximum absolute atomic E-state index is 12.4. The Bertz CT molecular complexity index is 751. The Balaban J connectivity index is 1.50. The van der Waals surface area contributed by atoms with Crippen LogP contribution in [0.2, 0.25) is 0 Å². The maximum Gasteiger partial charge on any atom is 0.298 e. The molecule has 4 rings (SSSR count). The predicted molar refractivity (Wildman–Crippen MR) is 103 cm³/mol. The molecular formula is C21H29N3O2. The van der Waals surface area contributed by atoms with Crippen LogP contribution in [0, 0.1) is 11.3 Å². The predicted octanol–water partition coefficient (Wildman–Crippen LogP) is 4.08. The van der Waals surface area contributed by atoms with Crippen LogP contribution in [0.25, 0.3) is 11.1 Å². The van der Waals surface area contributed by atoms with Gasteiger partial charge < -0.3 is 14.2 Å². The highest BCUT2D eigenvalue weighted by Gasteiger charge is 2.42. The van der Waals surface area contributed by atoms with Crippen molar-refractivity contribution in [2.24, 2.45) is 11.3 Å². The van der Waals surface area contributed by atoms with E-state index in [1.54, 1.807) is 0 Å². The first-order valence-electron chi connectivity index (χ1n) is 9.93. The molecule has 1 spiro atoms. The number of para-hydroxylation sites is 2. The molecular weight excluding hydrogens is 326 g/mol. The van der Waals surface area contributed by atoms with Gasteiger partial charge in [0.25, 0.3) is 6.01 Å². The van der Waals surface area contributed by atoms with E-state index in [2.05, 4.69) is 28.6 Å². The number of hydrogen-bond acceptors (Lipinski definition) is 4. The lowest BCUT2D eigenvalue weighted by Gasteiger charge is -2.48. The van der Waals surface area contributed by atoms with Crippen molar-refractivity contribution in [1.82, 2.24) is 9.88 Å². The summed E-state index contributed by atoms with van der Waals surface area (Å²) in [7, 11) is 0. The topological polar surface area (TPSA) is 49.6 Å². The van der Waals surface area contributed by atoms with Gasteiger partial charge in [-0.05, 0) is 43.7 Å². The van der Waals surface area contributed by atoms with E-state index in [1.165, 1.54) is 6.42 Å². The second-order valence-corrected chi connectivity index (χ2v) is 8.49. The van der Waals surface area contributed by atoms with Crippen LogP contribution in [0.4, 0.5) is 6.01 Å². The summed E-state index contributed by atoms with van der Waals surface area (Å²) in [5.41, 5.74) is 1.95. The molecule has 5 nitrogen and oxygen atoms in total. The Kier molecular flexibility index (Phi) is 4.63. The van der Waals surface area contributed by atoms with Crippen LogP contribution in [0.5, 0.6) is 0 Å². The molecule has 26 heavy (non-hydrogen) atoms. The fraction of sp³-hybridized carbons (Fsp3) is 0.619. The van der Waals surface area contributed by atoms with E-state index in [-0.39, 0.29) is 5.41 Å². The van der Waals surface area contributed by atoms with Gasteiger partial charge in [0.05, 0.1) is 0 Å². The molecule has 1 aromatic carbocycles. The van der Waals surface area contributed by atoms with Crippen molar-refractivity contribution in [2.45, 2.75) is 46.0 Å². The molecule has 2 aliphatic rings. The molecule has 140 valence electrons. The minimum Gasteiger partial charge on any atom is -0.423 e. The van der Waals surface area contributed by atoms with E-state index in [1.807, 2.05) is 24.3 Å². The largest absolute Gasteiger partial charge is 0.423 e. The number of aromatic nitrogens is 1. The van der Waals surface area contributed by atoms with Gasteiger partial charge in [-0.3, -0.25) is 4.79 Å². The maximum atomic E-state index is 12.4. The second kappa shape index (κ2) is 6.93. The van der Waals surface area contributed by atoms with Crippen molar-refractivity contribution >= 4 is 23.0 Å². The molecule has 0 saturated carbocycles. The van der Waals surface area contributed by atoms with E-state index >= 15 is 0 Å². The van der Waals surface area contributed by atoms with Gasteiger partial charge >= 0.3 is 0 Å². The molecule has 2 saturated heterocycles. The third-order valence-corrected chi connectivity index (χ3v) is 5.94. The second-order valence-electron chi connectivity index (χ2n) is 8.49. The molecule has 2 aromatic rings. The highest BCUT2D eigenvalue weighted by atomic mass is 16.4. The molecule has 0 N–H and O–H groups in total. The van der Waals surface area contributed by atoms with Crippen molar-refractivity contribution < 1.29 is 9.21 Å². The van der Waals surface area contributed by atoms with Crippen LogP contribution in [0.3, 0.4) is 0 Å². The number of hydrogen-bond donors (Lipinski definition) is 0. The van der Waals surface area contributed by atoms with Gasteiger partial charge in [-0.1, -0.05) is 26.0 Å². The Hall–Kier alpha value is -2.04. The Morgan fingerprint density at radius 3 is 2.88 bits per heavy atom. The summed E-state index contributed by atoms with van der Waals surface area (Å²) in [6, 6.07) is 8.67. The number of rotatable bonds is 4. The van der Waals surface area contributed by atoms with Crippen molar-refractivity contribution in [3.63, 3.8) is 0 Å². The number of oxazole rings is 1. The summed E-state index contributed by atoms with van der Waals surface area (Å²) < 4.78 is 6.00. The minimum atomic E-state index is 0.184. The number of amides is 1.